The Morgan fingerprint density at radius 1 is 1.21 bits per heavy atom. The topological polar surface area (TPSA) is 93.4 Å². The lowest BCUT2D eigenvalue weighted by atomic mass is 10.1. The molecule has 170 valence electrons. The molecule has 8 nitrogen and oxygen atoms in total. The molecular formula is C24H25N5O3S. The summed E-state index contributed by atoms with van der Waals surface area (Å²) >= 11 is 1.59. The number of carbonyl (C=O) groups is 1. The third-order valence-corrected chi connectivity index (χ3v) is 6.10. The summed E-state index contributed by atoms with van der Waals surface area (Å²) in [6.45, 7) is 3.15. The van der Waals surface area contributed by atoms with Crippen molar-refractivity contribution in [2.45, 2.75) is 25.6 Å². The number of imidazole rings is 1. The minimum absolute atomic E-state index is 0.250. The molecule has 1 atom stereocenters. The van der Waals surface area contributed by atoms with Crippen molar-refractivity contribution in [1.29, 1.82) is 0 Å². The van der Waals surface area contributed by atoms with Crippen LogP contribution in [0.2, 0.25) is 0 Å². The number of hydrogen-bond donors (Lipinski definition) is 1. The molecule has 1 aromatic carbocycles. The first-order chi connectivity index (χ1) is 16.3. The van der Waals surface area contributed by atoms with Crippen LogP contribution in [0.15, 0.2) is 72.2 Å². The van der Waals surface area contributed by atoms with Gasteiger partial charge in [0.05, 0.1) is 23.2 Å². The number of rotatable bonds is 7. The number of thiazole rings is 1. The van der Waals surface area contributed by atoms with Crippen molar-refractivity contribution < 1.29 is 14.6 Å². The van der Waals surface area contributed by atoms with E-state index in [1.54, 1.807) is 11.3 Å². The predicted octanol–water partition coefficient (Wildman–Crippen LogP) is 4.13. The van der Waals surface area contributed by atoms with E-state index in [1.807, 2.05) is 47.8 Å². The lowest BCUT2D eigenvalue weighted by Crippen LogP contribution is -2.21. The molecule has 0 aliphatic carbocycles. The van der Waals surface area contributed by atoms with E-state index in [0.717, 1.165) is 48.8 Å². The summed E-state index contributed by atoms with van der Waals surface area (Å²) in [7, 11) is 0. The quantitative estimate of drug-likeness (QED) is 0.412. The van der Waals surface area contributed by atoms with Gasteiger partial charge >= 0.3 is 0 Å². The van der Waals surface area contributed by atoms with E-state index in [9.17, 15) is 0 Å². The highest BCUT2D eigenvalue weighted by Crippen LogP contribution is 2.30. The molecule has 0 radical (unpaired) electrons. The van der Waals surface area contributed by atoms with Gasteiger partial charge in [0.1, 0.15) is 12.4 Å². The molecular weight excluding hydrogens is 438 g/mol. The fraction of sp³-hybridized carbons (Fsp3) is 0.250. The van der Waals surface area contributed by atoms with Gasteiger partial charge in [0.15, 0.2) is 0 Å². The van der Waals surface area contributed by atoms with Gasteiger partial charge in [-0.2, -0.15) is 0 Å². The van der Waals surface area contributed by atoms with Gasteiger partial charge in [-0.05, 0) is 36.8 Å². The Balaban J connectivity index is 0.000000821. The van der Waals surface area contributed by atoms with Crippen LogP contribution in [0.5, 0.6) is 5.75 Å². The summed E-state index contributed by atoms with van der Waals surface area (Å²) in [4.78, 5) is 23.9. The zero-order valence-electron chi connectivity index (χ0n) is 18.0. The van der Waals surface area contributed by atoms with Gasteiger partial charge in [-0.25, -0.2) is 9.97 Å². The average Bonchev–Trinajstić information content (AvgIpc) is 3.62. The van der Waals surface area contributed by atoms with Gasteiger partial charge in [0.25, 0.3) is 6.47 Å². The monoisotopic (exact) mass is 463 g/mol. The van der Waals surface area contributed by atoms with Crippen LogP contribution in [0.4, 0.5) is 0 Å². The Bertz CT molecular complexity index is 1120. The van der Waals surface area contributed by atoms with E-state index in [1.165, 1.54) is 5.56 Å². The summed E-state index contributed by atoms with van der Waals surface area (Å²) in [5.41, 5.74) is 6.06. The molecule has 1 aliphatic heterocycles. The van der Waals surface area contributed by atoms with Crippen LogP contribution in [-0.2, 0) is 17.9 Å². The van der Waals surface area contributed by atoms with E-state index >= 15 is 0 Å². The standard InChI is InChI=1S/C23H23N5OS.CH2O2/c1-2-7-25-22(3-1)18-4-5-23(29-14-20-15-30-17-26-20)19(11-18)12-27-9-6-21(13-27)28-10-8-24-16-28;2-1-3/h1-5,7-8,10-11,15-17,21H,6,9,12-14H2;1H,(H,2,3). The molecule has 5 rings (SSSR count). The Labute approximate surface area is 196 Å². The maximum atomic E-state index is 8.36. The number of carboxylic acid groups (broad SMARTS) is 1. The van der Waals surface area contributed by atoms with Crippen molar-refractivity contribution in [3.05, 3.63) is 83.5 Å². The Kier molecular flexibility index (Phi) is 7.78. The molecule has 0 spiro atoms. The molecule has 1 fully saturated rings. The normalized spacial score (nSPS) is 15.6. The summed E-state index contributed by atoms with van der Waals surface area (Å²) in [6, 6.07) is 12.8. The lowest BCUT2D eigenvalue weighted by Gasteiger charge is -2.19. The largest absolute Gasteiger partial charge is 0.487 e. The smallest absolute Gasteiger partial charge is 0.290 e. The second kappa shape index (κ2) is 11.3. The summed E-state index contributed by atoms with van der Waals surface area (Å²) in [5.74, 6) is 0.911. The van der Waals surface area contributed by atoms with Crippen molar-refractivity contribution in [1.82, 2.24) is 24.4 Å². The minimum atomic E-state index is -0.250. The maximum absolute atomic E-state index is 8.36. The first kappa shape index (κ1) is 22.6. The second-order valence-corrected chi connectivity index (χ2v) is 8.32. The molecule has 33 heavy (non-hydrogen) atoms. The SMILES string of the molecule is O=CO.c1ccc(-c2ccc(OCc3cscn3)c(CN3CCC(n4ccnc4)C3)c2)nc1. The van der Waals surface area contributed by atoms with Crippen molar-refractivity contribution in [2.75, 3.05) is 13.1 Å². The number of hydrogen-bond acceptors (Lipinski definition) is 7. The van der Waals surface area contributed by atoms with Crippen LogP contribution < -0.4 is 4.74 Å². The van der Waals surface area contributed by atoms with Gasteiger partial charge < -0.3 is 14.4 Å². The van der Waals surface area contributed by atoms with Crippen molar-refractivity contribution in [3.8, 4) is 17.0 Å². The molecule has 3 aromatic heterocycles. The molecule has 4 heterocycles. The fourth-order valence-electron chi connectivity index (χ4n) is 3.92. The van der Waals surface area contributed by atoms with E-state index in [2.05, 4.69) is 48.8 Å². The number of benzene rings is 1. The van der Waals surface area contributed by atoms with Gasteiger partial charge in [-0.15, -0.1) is 11.3 Å². The number of ether oxygens (including phenoxy) is 1. The molecule has 0 amide bonds. The van der Waals surface area contributed by atoms with E-state index in [4.69, 9.17) is 14.6 Å². The van der Waals surface area contributed by atoms with Crippen LogP contribution >= 0.6 is 11.3 Å². The van der Waals surface area contributed by atoms with Crippen LogP contribution in [0.3, 0.4) is 0 Å². The zero-order valence-corrected chi connectivity index (χ0v) is 18.8. The number of likely N-dealkylation sites (tertiary alicyclic amines) is 1. The Hall–Kier alpha value is -3.56. The van der Waals surface area contributed by atoms with Gasteiger partial charge in [0.2, 0.25) is 0 Å². The van der Waals surface area contributed by atoms with E-state index < -0.39 is 0 Å². The van der Waals surface area contributed by atoms with Crippen LogP contribution in [0, 0.1) is 0 Å². The van der Waals surface area contributed by atoms with Crippen molar-refractivity contribution in [3.63, 3.8) is 0 Å². The molecule has 0 bridgehead atoms. The summed E-state index contributed by atoms with van der Waals surface area (Å²) in [5, 5.41) is 8.91. The predicted molar refractivity (Wildman–Crippen MR) is 126 cm³/mol. The minimum Gasteiger partial charge on any atom is -0.487 e. The highest BCUT2D eigenvalue weighted by Gasteiger charge is 2.24. The molecule has 4 aromatic rings. The Morgan fingerprint density at radius 3 is 2.85 bits per heavy atom. The Morgan fingerprint density at radius 2 is 2.12 bits per heavy atom. The third kappa shape index (κ3) is 6.03. The van der Waals surface area contributed by atoms with E-state index in [0.29, 0.717) is 12.6 Å². The number of pyridine rings is 1. The fourth-order valence-corrected chi connectivity index (χ4v) is 4.47. The molecule has 1 aliphatic rings. The van der Waals surface area contributed by atoms with Gasteiger partial charge in [-0.3, -0.25) is 14.7 Å². The molecule has 0 saturated carbocycles. The third-order valence-electron chi connectivity index (χ3n) is 5.47. The lowest BCUT2D eigenvalue weighted by molar-refractivity contribution is -0.122. The average molecular weight is 464 g/mol. The van der Waals surface area contributed by atoms with Crippen LogP contribution in [-0.4, -0.2) is 49.1 Å². The number of aromatic nitrogens is 4. The van der Waals surface area contributed by atoms with E-state index in [-0.39, 0.29) is 6.47 Å². The maximum Gasteiger partial charge on any atom is 0.290 e. The van der Waals surface area contributed by atoms with Gasteiger partial charge in [0, 0.05) is 60.8 Å². The first-order valence-corrected chi connectivity index (χ1v) is 11.5. The number of nitrogens with zero attached hydrogens (tertiary/aromatic N) is 5. The first-order valence-electron chi connectivity index (χ1n) is 10.6. The second-order valence-electron chi connectivity index (χ2n) is 7.60. The molecule has 1 N–H and O–H groups in total. The highest BCUT2D eigenvalue weighted by atomic mass is 32.1. The zero-order chi connectivity index (χ0) is 22.9. The highest BCUT2D eigenvalue weighted by molar-refractivity contribution is 7.07. The van der Waals surface area contributed by atoms with Crippen LogP contribution in [0.1, 0.15) is 23.7 Å². The van der Waals surface area contributed by atoms with Gasteiger partial charge in [-0.1, -0.05) is 6.07 Å². The van der Waals surface area contributed by atoms with Crippen molar-refractivity contribution in [2.24, 2.45) is 0 Å². The summed E-state index contributed by atoms with van der Waals surface area (Å²) < 4.78 is 8.38. The molecule has 9 heteroatoms. The molecule has 1 saturated heterocycles. The van der Waals surface area contributed by atoms with Crippen molar-refractivity contribution >= 4 is 17.8 Å². The van der Waals surface area contributed by atoms with Crippen LogP contribution in [0.25, 0.3) is 11.3 Å². The molecule has 1 unspecified atom stereocenters. The summed E-state index contributed by atoms with van der Waals surface area (Å²) in [6.07, 6.45) is 8.78.